The molecule has 0 unspecified atom stereocenters. The number of ether oxygens (including phenoxy) is 1. The fourth-order valence-electron chi connectivity index (χ4n) is 1.20. The fraction of sp³-hybridized carbons (Fsp3) is 0.364. The molecule has 1 aromatic rings. The summed E-state index contributed by atoms with van der Waals surface area (Å²) in [4.78, 5) is 10.0. The van der Waals surface area contributed by atoms with Crippen LogP contribution in [0.4, 0.5) is 4.39 Å². The predicted octanol–water partition coefficient (Wildman–Crippen LogP) is 1.51. The summed E-state index contributed by atoms with van der Waals surface area (Å²) >= 11 is 0. The van der Waals surface area contributed by atoms with Gasteiger partial charge < -0.3 is 14.8 Å². The van der Waals surface area contributed by atoms with Crippen molar-refractivity contribution in [2.75, 3.05) is 13.2 Å². The number of rotatable bonds is 6. The maximum Gasteiger partial charge on any atom is 0.165 e. The third-order valence-electron chi connectivity index (χ3n) is 1.85. The molecule has 0 aliphatic rings. The normalized spacial score (nSPS) is 10.0. The summed E-state index contributed by atoms with van der Waals surface area (Å²) in [5, 5.41) is 2.85. The maximum absolute atomic E-state index is 13.3. The lowest BCUT2D eigenvalue weighted by molar-refractivity contribution is -0.107. The molecule has 0 radical (unpaired) electrons. The van der Waals surface area contributed by atoms with Crippen molar-refractivity contribution >= 4 is 6.29 Å². The van der Waals surface area contributed by atoms with E-state index in [0.29, 0.717) is 13.2 Å². The Balaban J connectivity index is 2.60. The van der Waals surface area contributed by atoms with Crippen molar-refractivity contribution in [2.24, 2.45) is 0 Å². The Morgan fingerprint density at radius 2 is 2.33 bits per heavy atom. The molecule has 1 N–H and O–H groups in total. The predicted molar refractivity (Wildman–Crippen MR) is 55.3 cm³/mol. The van der Waals surface area contributed by atoms with Crippen molar-refractivity contribution in [1.82, 2.24) is 5.32 Å². The summed E-state index contributed by atoms with van der Waals surface area (Å²) in [6.45, 7) is 3.00. The van der Waals surface area contributed by atoms with Gasteiger partial charge in [-0.15, -0.1) is 0 Å². The van der Waals surface area contributed by atoms with Gasteiger partial charge in [0.2, 0.25) is 0 Å². The first kappa shape index (κ1) is 11.7. The fourth-order valence-corrected chi connectivity index (χ4v) is 1.20. The molecule has 0 aliphatic carbocycles. The molecule has 0 fully saturated rings. The van der Waals surface area contributed by atoms with Gasteiger partial charge in [-0.25, -0.2) is 4.39 Å². The average molecular weight is 211 g/mol. The third-order valence-corrected chi connectivity index (χ3v) is 1.85. The van der Waals surface area contributed by atoms with Crippen LogP contribution in [0.25, 0.3) is 0 Å². The summed E-state index contributed by atoms with van der Waals surface area (Å²) in [7, 11) is 0. The molecule has 0 bridgehead atoms. The average Bonchev–Trinajstić information content (AvgIpc) is 2.23. The standard InChI is InChI=1S/C11H14FNO2/c1-2-15-11-4-3-9(7-10(11)12)8-13-5-6-14/h3-4,6-7,13H,2,5,8H2,1H3. The topological polar surface area (TPSA) is 38.3 Å². The number of hydrogen-bond donors (Lipinski definition) is 1. The van der Waals surface area contributed by atoms with E-state index >= 15 is 0 Å². The van der Waals surface area contributed by atoms with Gasteiger partial charge in [-0.2, -0.15) is 0 Å². The second kappa shape index (κ2) is 6.14. The quantitative estimate of drug-likeness (QED) is 0.572. The van der Waals surface area contributed by atoms with Crippen LogP contribution in [0.5, 0.6) is 5.75 Å². The molecular formula is C11H14FNO2. The van der Waals surface area contributed by atoms with Gasteiger partial charge in [-0.05, 0) is 24.6 Å². The number of benzene rings is 1. The van der Waals surface area contributed by atoms with E-state index in [9.17, 15) is 9.18 Å². The first-order chi connectivity index (χ1) is 7.27. The minimum Gasteiger partial charge on any atom is -0.491 e. The van der Waals surface area contributed by atoms with E-state index in [2.05, 4.69) is 5.32 Å². The molecule has 0 atom stereocenters. The highest BCUT2D eigenvalue weighted by Crippen LogP contribution is 2.17. The monoisotopic (exact) mass is 211 g/mol. The van der Waals surface area contributed by atoms with Gasteiger partial charge in [0.1, 0.15) is 6.29 Å². The Morgan fingerprint density at radius 3 is 2.93 bits per heavy atom. The Kier molecular flexibility index (Phi) is 4.77. The number of carbonyl (C=O) groups excluding carboxylic acids is 1. The number of hydrogen-bond acceptors (Lipinski definition) is 3. The van der Waals surface area contributed by atoms with Gasteiger partial charge in [0.05, 0.1) is 13.2 Å². The van der Waals surface area contributed by atoms with E-state index in [1.165, 1.54) is 6.07 Å². The van der Waals surface area contributed by atoms with E-state index in [-0.39, 0.29) is 18.1 Å². The second-order valence-corrected chi connectivity index (χ2v) is 3.00. The first-order valence-corrected chi connectivity index (χ1v) is 4.83. The number of nitrogens with one attached hydrogen (secondary N) is 1. The molecule has 1 rings (SSSR count). The zero-order valence-corrected chi connectivity index (χ0v) is 8.63. The molecule has 0 saturated carbocycles. The molecule has 15 heavy (non-hydrogen) atoms. The lowest BCUT2D eigenvalue weighted by Crippen LogP contribution is -2.15. The SMILES string of the molecule is CCOc1ccc(CNCC=O)cc1F. The van der Waals surface area contributed by atoms with Gasteiger partial charge in [-0.3, -0.25) is 0 Å². The molecule has 0 amide bonds. The zero-order chi connectivity index (χ0) is 11.1. The van der Waals surface area contributed by atoms with Gasteiger partial charge in [0, 0.05) is 6.54 Å². The van der Waals surface area contributed by atoms with E-state index in [1.807, 2.05) is 0 Å². The molecule has 0 aliphatic heterocycles. The van der Waals surface area contributed by atoms with Crippen LogP contribution in [0.1, 0.15) is 12.5 Å². The van der Waals surface area contributed by atoms with Crippen LogP contribution in [0.15, 0.2) is 18.2 Å². The van der Waals surface area contributed by atoms with Crippen LogP contribution in [0.2, 0.25) is 0 Å². The zero-order valence-electron chi connectivity index (χ0n) is 8.63. The highest BCUT2D eigenvalue weighted by molar-refractivity contribution is 5.51. The Labute approximate surface area is 88.2 Å². The summed E-state index contributed by atoms with van der Waals surface area (Å²) in [5.41, 5.74) is 0.790. The molecule has 3 nitrogen and oxygen atoms in total. The highest BCUT2D eigenvalue weighted by atomic mass is 19.1. The second-order valence-electron chi connectivity index (χ2n) is 3.00. The van der Waals surface area contributed by atoms with Gasteiger partial charge in [0.25, 0.3) is 0 Å². The van der Waals surface area contributed by atoms with Gasteiger partial charge in [0.15, 0.2) is 11.6 Å². The molecule has 0 aromatic heterocycles. The van der Waals surface area contributed by atoms with Crippen molar-refractivity contribution in [3.63, 3.8) is 0 Å². The number of aldehydes is 1. The van der Waals surface area contributed by atoms with Crippen molar-refractivity contribution < 1.29 is 13.9 Å². The molecule has 0 saturated heterocycles. The van der Waals surface area contributed by atoms with Gasteiger partial charge in [-0.1, -0.05) is 6.07 Å². The van der Waals surface area contributed by atoms with E-state index in [4.69, 9.17) is 4.74 Å². The van der Waals surface area contributed by atoms with Crippen LogP contribution in [-0.2, 0) is 11.3 Å². The molecule has 1 aromatic carbocycles. The minimum absolute atomic E-state index is 0.261. The lowest BCUT2D eigenvalue weighted by Gasteiger charge is -2.06. The summed E-state index contributed by atoms with van der Waals surface area (Å²) in [6.07, 6.45) is 0.769. The Hall–Kier alpha value is -1.42. The Morgan fingerprint density at radius 1 is 1.53 bits per heavy atom. The third kappa shape index (κ3) is 3.67. The summed E-state index contributed by atoms with van der Waals surface area (Å²) in [5.74, 6) is -0.112. The van der Waals surface area contributed by atoms with Crippen molar-refractivity contribution in [2.45, 2.75) is 13.5 Å². The summed E-state index contributed by atoms with van der Waals surface area (Å²) in [6, 6.07) is 4.77. The first-order valence-electron chi connectivity index (χ1n) is 4.83. The van der Waals surface area contributed by atoms with Crippen LogP contribution < -0.4 is 10.1 Å². The molecule has 0 heterocycles. The molecule has 82 valence electrons. The van der Waals surface area contributed by atoms with Gasteiger partial charge >= 0.3 is 0 Å². The van der Waals surface area contributed by atoms with Crippen molar-refractivity contribution in [1.29, 1.82) is 0 Å². The Bertz CT molecular complexity index is 328. The van der Waals surface area contributed by atoms with Crippen molar-refractivity contribution in [3.8, 4) is 5.75 Å². The van der Waals surface area contributed by atoms with E-state index in [0.717, 1.165) is 11.8 Å². The van der Waals surface area contributed by atoms with Crippen LogP contribution in [-0.4, -0.2) is 19.4 Å². The number of carbonyl (C=O) groups is 1. The molecule has 4 heteroatoms. The van der Waals surface area contributed by atoms with E-state index in [1.54, 1.807) is 19.1 Å². The molecular weight excluding hydrogens is 197 g/mol. The maximum atomic E-state index is 13.3. The van der Waals surface area contributed by atoms with Crippen LogP contribution >= 0.6 is 0 Å². The largest absolute Gasteiger partial charge is 0.491 e. The van der Waals surface area contributed by atoms with Crippen LogP contribution in [0, 0.1) is 5.82 Å². The summed E-state index contributed by atoms with van der Waals surface area (Å²) < 4.78 is 18.4. The highest BCUT2D eigenvalue weighted by Gasteiger charge is 2.03. The molecule has 0 spiro atoms. The minimum atomic E-state index is -0.373. The number of halogens is 1. The smallest absolute Gasteiger partial charge is 0.165 e. The van der Waals surface area contributed by atoms with E-state index < -0.39 is 0 Å². The van der Waals surface area contributed by atoms with Crippen LogP contribution in [0.3, 0.4) is 0 Å². The lowest BCUT2D eigenvalue weighted by atomic mass is 10.2. The van der Waals surface area contributed by atoms with Crippen molar-refractivity contribution in [3.05, 3.63) is 29.6 Å².